The summed E-state index contributed by atoms with van der Waals surface area (Å²) in [5, 5.41) is 230. The van der Waals surface area contributed by atoms with E-state index in [0.29, 0.717) is 0 Å². The number of aliphatic hydroxyl groups is 20. The van der Waals surface area contributed by atoms with Crippen LogP contribution in [0.25, 0.3) is 0 Å². The summed E-state index contributed by atoms with van der Waals surface area (Å²) in [5.41, 5.74) is 0. The van der Waals surface area contributed by atoms with Crippen LogP contribution in [0, 0.1) is 0 Å². The number of rotatable bonds is 7. The van der Waals surface area contributed by atoms with Crippen LogP contribution in [-0.2, 0) is 71.1 Å². The van der Waals surface area contributed by atoms with Gasteiger partial charge in [0.15, 0.2) is 50.1 Å². The van der Waals surface area contributed by atoms with Gasteiger partial charge in [0.25, 0.3) is 0 Å². The van der Waals surface area contributed by atoms with Crippen LogP contribution in [0.5, 0.6) is 0 Å². The zero-order valence-electron chi connectivity index (χ0n) is 40.5. The van der Waals surface area contributed by atoms with Crippen LogP contribution in [-0.4, -0.2) is 368 Å². The van der Waals surface area contributed by atoms with Crippen molar-refractivity contribution in [2.24, 2.45) is 0 Å². The van der Waals surface area contributed by atoms with E-state index in [1.807, 2.05) is 0 Å². The molecule has 35 atom stereocenters. The van der Waals surface area contributed by atoms with Crippen molar-refractivity contribution in [3.63, 3.8) is 0 Å². The number of carboxylic acids is 1. The Morgan fingerprint density at radius 3 is 0.551 bits per heavy atom. The molecule has 0 aliphatic carbocycles. The van der Waals surface area contributed by atoms with Crippen LogP contribution in [0.15, 0.2) is 0 Å². The summed E-state index contributed by atoms with van der Waals surface area (Å²) >= 11 is 0. The summed E-state index contributed by atoms with van der Waals surface area (Å²) in [6.07, 6.45) is -73.4. The van der Waals surface area contributed by atoms with Gasteiger partial charge >= 0.3 is 5.97 Å². The van der Waals surface area contributed by atoms with Gasteiger partial charge in [-0.2, -0.15) is 0 Å². The van der Waals surface area contributed by atoms with Gasteiger partial charge in [0.05, 0.1) is 39.6 Å². The third-order valence-corrected chi connectivity index (χ3v) is 14.8. The van der Waals surface area contributed by atoms with Crippen molar-refractivity contribution >= 4 is 5.97 Å². The summed E-state index contributed by atoms with van der Waals surface area (Å²) in [6.45, 7) is -6.51. The van der Waals surface area contributed by atoms with Gasteiger partial charge in [0, 0.05) is 0 Å². The van der Waals surface area contributed by atoms with Gasteiger partial charge in [0.2, 0.25) is 0 Å². The number of carbonyl (C=O) groups is 1. The van der Waals surface area contributed by atoms with Crippen LogP contribution < -0.4 is 0 Å². The van der Waals surface area contributed by atoms with Gasteiger partial charge in [-0.25, -0.2) is 4.79 Å². The van der Waals surface area contributed by atoms with E-state index >= 15 is 0 Å². The maximum atomic E-state index is 12.6. The van der Waals surface area contributed by atoms with Gasteiger partial charge in [-0.15, -0.1) is 0 Å². The third-order valence-electron chi connectivity index (χ3n) is 14.8. The number of aliphatic carboxylic acids is 1. The molecule has 0 amide bonds. The van der Waals surface area contributed by atoms with E-state index in [4.69, 9.17) is 66.3 Å². The van der Waals surface area contributed by atoms with Gasteiger partial charge in [-0.05, 0) is 0 Å². The van der Waals surface area contributed by atoms with E-state index in [1.54, 1.807) is 0 Å². The molecule has 0 radical (unpaired) electrons. The van der Waals surface area contributed by atoms with E-state index in [0.717, 1.165) is 0 Å². The normalized spacial score (nSPS) is 54.7. The Kier molecular flexibility index (Phi) is 20.7. The van der Waals surface area contributed by atoms with Crippen molar-refractivity contribution in [3.05, 3.63) is 0 Å². The molecular formula is C42H68O36. The molecule has 21 aliphatic rings. The molecule has 21 fully saturated rings. The second kappa shape index (κ2) is 25.9. The molecule has 0 aromatic carbocycles. The first-order valence-electron chi connectivity index (χ1n) is 24.6. The van der Waals surface area contributed by atoms with E-state index < -0.39 is 261 Å². The minimum Gasteiger partial charge on any atom is -0.479 e. The first-order valence-corrected chi connectivity index (χ1v) is 24.6. The number of hydrogen-bond acceptors (Lipinski definition) is 35. The molecule has 36 heteroatoms. The van der Waals surface area contributed by atoms with Crippen LogP contribution in [0.4, 0.5) is 0 Å². The molecule has 21 heterocycles. The minimum atomic E-state index is -2.40. The topological polar surface area (TPSA) is 571 Å². The summed E-state index contributed by atoms with van der Waals surface area (Å²) in [6, 6.07) is 0. The molecule has 36 nitrogen and oxygen atoms in total. The summed E-state index contributed by atoms with van der Waals surface area (Å²) in [7, 11) is 0. The standard InChI is InChI=1S/C42H68O36/c43-1-7-27-14(50)21(57)37(66-7)73-29-9(3-45)68-39(23(59)16(29)52)75-31-11(5-47)70-41(25(61)18(31)54)77-33-19(55)26(62)42(78-34(33)35(63)64)76-32-12(6-48)69-40(24(60)17(32)53)74-30-10(4-46)67-38(22(58)15(30)51)72-28-8(2-44)65-36(71-27)20(56)13(28)49/h7-34,36-62H,1-6H2,(H,63,64)/t7-,8-,9-,10-,11-,12-,13-,14-,15-,16-,17-,18-,19-,20-,21-,22-,23-,24-,25-,26-,27-,28-,29-,30-,31-,32-,33+,34+,36-,37-,38-,39-,40-,41-,42+/m1/s1. The fraction of sp³-hybridized carbons (Fsp3) is 0.976. The van der Waals surface area contributed by atoms with Crippen molar-refractivity contribution in [1.29, 1.82) is 0 Å². The lowest BCUT2D eigenvalue weighted by Crippen LogP contribution is -2.68. The molecule has 21 rings (SSSR count). The van der Waals surface area contributed by atoms with Crippen molar-refractivity contribution in [2.75, 3.05) is 39.6 Å². The molecule has 0 spiro atoms. The highest BCUT2D eigenvalue weighted by molar-refractivity contribution is 5.73. The van der Waals surface area contributed by atoms with E-state index in [1.165, 1.54) is 0 Å². The zero-order valence-corrected chi connectivity index (χ0v) is 40.5. The Balaban J connectivity index is 1.09. The molecule has 21 aliphatic heterocycles. The lowest BCUT2D eigenvalue weighted by molar-refractivity contribution is -0.396. The highest BCUT2D eigenvalue weighted by Crippen LogP contribution is 2.39. The predicted octanol–water partition coefficient (Wildman–Crippen LogP) is -15.1. The van der Waals surface area contributed by atoms with Gasteiger partial charge in [-0.3, -0.25) is 0 Å². The van der Waals surface area contributed by atoms with Crippen molar-refractivity contribution in [2.45, 2.75) is 215 Å². The Hall–Kier alpha value is -1.89. The molecular weight excluding hydrogens is 1080 g/mol. The van der Waals surface area contributed by atoms with Gasteiger partial charge < -0.3 is 174 Å². The second-order valence-corrected chi connectivity index (χ2v) is 19.7. The summed E-state index contributed by atoms with van der Waals surface area (Å²) in [5.74, 6) is -1.93. The average Bonchev–Trinajstić information content (AvgIpc) is 3.43. The summed E-state index contributed by atoms with van der Waals surface area (Å²) in [4.78, 5) is 12.6. The van der Waals surface area contributed by atoms with Crippen molar-refractivity contribution in [1.82, 2.24) is 0 Å². The molecule has 21 saturated heterocycles. The molecule has 0 aromatic heterocycles. The molecule has 0 aromatic rings. The monoisotopic (exact) mass is 1150 g/mol. The quantitative estimate of drug-likeness (QED) is 0.113. The first kappa shape index (κ1) is 62.2. The molecule has 452 valence electrons. The van der Waals surface area contributed by atoms with Crippen LogP contribution >= 0.6 is 0 Å². The lowest BCUT2D eigenvalue weighted by atomic mass is 9.95. The fourth-order valence-corrected chi connectivity index (χ4v) is 10.4. The third kappa shape index (κ3) is 11.9. The first-order chi connectivity index (χ1) is 37.0. The smallest absolute Gasteiger partial charge is 0.335 e. The van der Waals surface area contributed by atoms with E-state index in [2.05, 4.69) is 0 Å². The largest absolute Gasteiger partial charge is 0.479 e. The average molecular weight is 1150 g/mol. The van der Waals surface area contributed by atoms with Crippen molar-refractivity contribution in [3.8, 4) is 0 Å². The van der Waals surface area contributed by atoms with E-state index in [9.17, 15) is 112 Å². The van der Waals surface area contributed by atoms with Crippen LogP contribution in [0.2, 0.25) is 0 Å². The Morgan fingerprint density at radius 2 is 0.385 bits per heavy atom. The molecule has 0 unspecified atom stereocenters. The second-order valence-electron chi connectivity index (χ2n) is 19.7. The molecule has 0 saturated carbocycles. The highest BCUT2D eigenvalue weighted by atomic mass is 16.8. The Bertz CT molecular complexity index is 1900. The Labute approximate surface area is 438 Å². The maximum Gasteiger partial charge on any atom is 0.335 e. The molecule has 78 heavy (non-hydrogen) atoms. The molecule has 21 N–H and O–H groups in total. The minimum absolute atomic E-state index is 1.06. The van der Waals surface area contributed by atoms with Crippen LogP contribution in [0.1, 0.15) is 0 Å². The number of aliphatic hydroxyl groups excluding tert-OH is 20. The number of carboxylic acid groups (broad SMARTS) is 1. The highest BCUT2D eigenvalue weighted by Gasteiger charge is 2.60. The summed E-state index contributed by atoms with van der Waals surface area (Å²) < 4.78 is 78.7. The van der Waals surface area contributed by atoms with Crippen LogP contribution in [0.3, 0.4) is 0 Å². The molecule has 14 bridgehead atoms. The van der Waals surface area contributed by atoms with Gasteiger partial charge in [-0.1, -0.05) is 0 Å². The van der Waals surface area contributed by atoms with Gasteiger partial charge in [0.1, 0.15) is 165 Å². The lowest BCUT2D eigenvalue weighted by Gasteiger charge is -2.50. The number of hydrogen-bond donors (Lipinski definition) is 21. The maximum absolute atomic E-state index is 12.6. The zero-order chi connectivity index (χ0) is 56.9. The van der Waals surface area contributed by atoms with E-state index in [-0.39, 0.29) is 0 Å². The van der Waals surface area contributed by atoms with Crippen molar-refractivity contribution < 1.29 is 178 Å². The SMILES string of the molecule is O=C(O)[C@H]1O[C@@H]2O[C@H]3[C@H](O)[C@@H](O)[C@@H](O[C@H]4[C@H](O)[C@@H](O)[C@@H](O[C@H]5[C@H](O)[C@@H](O)[C@@H](O[C@H]6[C@H](O)[C@@H](O)[C@@H](O[C@H]7[C@H](O)[C@@H](O)[C@@H](O[C@H]8[C@H](O)[C@@H](O)[C@@H](O[C@H]1[C@H](O)[C@H]2O)O[C@@H]8CO)O[C@@H]7CO)O[C@@H]6CO)O[C@@H]5CO)O[C@@H]4CO)O[C@@H]3CO. The fourth-order valence-electron chi connectivity index (χ4n) is 10.4. The number of ether oxygens (including phenoxy) is 14. The Morgan fingerprint density at radius 1 is 0.231 bits per heavy atom. The predicted molar refractivity (Wildman–Crippen MR) is 229 cm³/mol.